The minimum atomic E-state index is -1.15. The molecule has 148 valence electrons. The van der Waals surface area contributed by atoms with Crippen LogP contribution < -0.4 is 10.1 Å². The number of nitrogens with one attached hydrogen (secondary N) is 1. The fourth-order valence-corrected chi connectivity index (χ4v) is 2.96. The number of amides is 2. The van der Waals surface area contributed by atoms with Crippen molar-refractivity contribution in [1.82, 2.24) is 4.90 Å². The molecule has 0 saturated carbocycles. The van der Waals surface area contributed by atoms with E-state index in [0.717, 1.165) is 0 Å². The number of benzene rings is 2. The van der Waals surface area contributed by atoms with E-state index in [-0.39, 0.29) is 11.8 Å². The van der Waals surface area contributed by atoms with E-state index in [2.05, 4.69) is 5.32 Å². The third-order valence-electron chi connectivity index (χ3n) is 4.44. The molecule has 6 nitrogen and oxygen atoms in total. The van der Waals surface area contributed by atoms with Crippen LogP contribution in [0.1, 0.15) is 24.2 Å². The number of anilines is 1. The predicted octanol–water partition coefficient (Wildman–Crippen LogP) is 3.61. The highest BCUT2D eigenvalue weighted by Crippen LogP contribution is 2.24. The van der Waals surface area contributed by atoms with Crippen molar-refractivity contribution in [1.29, 1.82) is 0 Å². The number of carbonyl (C=O) groups is 2. The summed E-state index contributed by atoms with van der Waals surface area (Å²) < 4.78 is 11.1. The zero-order chi connectivity index (χ0) is 20.1. The molecular weight excluding hydrogens is 380 g/mol. The fraction of sp³-hybridized carbons (Fsp3) is 0.333. The van der Waals surface area contributed by atoms with Gasteiger partial charge in [0.05, 0.1) is 24.5 Å². The molecule has 0 bridgehead atoms. The molecule has 1 aliphatic rings. The Kier molecular flexibility index (Phi) is 6.21. The third-order valence-corrected chi connectivity index (χ3v) is 4.69. The molecule has 2 aromatic carbocycles. The summed E-state index contributed by atoms with van der Waals surface area (Å²) in [5, 5.41) is 3.42. The Balaban J connectivity index is 1.74. The zero-order valence-electron chi connectivity index (χ0n) is 15.9. The molecule has 0 unspecified atom stereocenters. The third kappa shape index (κ3) is 4.82. The Bertz CT molecular complexity index is 846. The topological polar surface area (TPSA) is 67.9 Å². The Morgan fingerprint density at radius 1 is 1.07 bits per heavy atom. The number of hydrogen-bond donors (Lipinski definition) is 1. The second-order valence-corrected chi connectivity index (χ2v) is 7.41. The second-order valence-electron chi connectivity index (χ2n) is 6.97. The average molecular weight is 403 g/mol. The van der Waals surface area contributed by atoms with Crippen molar-refractivity contribution >= 4 is 29.1 Å². The van der Waals surface area contributed by atoms with E-state index in [1.807, 2.05) is 0 Å². The first-order valence-corrected chi connectivity index (χ1v) is 9.47. The quantitative estimate of drug-likeness (QED) is 0.829. The molecule has 0 radical (unpaired) electrons. The van der Waals surface area contributed by atoms with Crippen LogP contribution in [-0.4, -0.2) is 48.6 Å². The van der Waals surface area contributed by atoms with Gasteiger partial charge >= 0.3 is 0 Å². The molecule has 1 heterocycles. The van der Waals surface area contributed by atoms with Gasteiger partial charge in [0.1, 0.15) is 5.75 Å². The lowest BCUT2D eigenvalue weighted by Crippen LogP contribution is -2.43. The monoisotopic (exact) mass is 402 g/mol. The van der Waals surface area contributed by atoms with Crippen molar-refractivity contribution in [2.45, 2.75) is 19.4 Å². The summed E-state index contributed by atoms with van der Waals surface area (Å²) in [6.07, 6.45) is 0. The SMILES string of the molecule is CC(C)(Oc1ccc(Cl)cc1)C(=O)Nc1ccccc1C(=O)N1CCOCC1. The van der Waals surface area contributed by atoms with Gasteiger partial charge in [0.25, 0.3) is 11.8 Å². The number of morpholine rings is 1. The molecule has 1 aliphatic heterocycles. The van der Waals surface area contributed by atoms with Gasteiger partial charge in [-0.3, -0.25) is 9.59 Å². The lowest BCUT2D eigenvalue weighted by atomic mass is 10.1. The Hall–Kier alpha value is -2.57. The van der Waals surface area contributed by atoms with Crippen LogP contribution in [0.15, 0.2) is 48.5 Å². The molecule has 2 amide bonds. The number of halogens is 1. The summed E-state index contributed by atoms with van der Waals surface area (Å²) in [5.74, 6) is 0.0440. The van der Waals surface area contributed by atoms with Crippen molar-refractivity contribution in [2.75, 3.05) is 31.6 Å². The largest absolute Gasteiger partial charge is 0.478 e. The first-order chi connectivity index (χ1) is 13.4. The van der Waals surface area contributed by atoms with Gasteiger partial charge in [0.15, 0.2) is 5.60 Å². The number of hydrogen-bond acceptors (Lipinski definition) is 4. The number of carbonyl (C=O) groups excluding carboxylic acids is 2. The molecule has 0 spiro atoms. The fourth-order valence-electron chi connectivity index (χ4n) is 2.83. The molecule has 0 aliphatic carbocycles. The van der Waals surface area contributed by atoms with Crippen LogP contribution in [-0.2, 0) is 9.53 Å². The first kappa shape index (κ1) is 20.2. The van der Waals surface area contributed by atoms with Crippen LogP contribution in [0.4, 0.5) is 5.69 Å². The van der Waals surface area contributed by atoms with E-state index in [1.165, 1.54) is 0 Å². The van der Waals surface area contributed by atoms with Crippen LogP contribution >= 0.6 is 11.6 Å². The van der Waals surface area contributed by atoms with Gasteiger partial charge in [-0.15, -0.1) is 0 Å². The number of para-hydroxylation sites is 1. The summed E-state index contributed by atoms with van der Waals surface area (Å²) in [7, 11) is 0. The lowest BCUT2D eigenvalue weighted by molar-refractivity contribution is -0.128. The van der Waals surface area contributed by atoms with Crippen molar-refractivity contribution in [3.8, 4) is 5.75 Å². The van der Waals surface area contributed by atoms with Gasteiger partial charge in [-0.05, 0) is 50.2 Å². The maximum atomic E-state index is 12.8. The molecule has 2 aromatic rings. The van der Waals surface area contributed by atoms with Gasteiger partial charge in [0.2, 0.25) is 0 Å². The normalized spacial score (nSPS) is 14.5. The minimum absolute atomic E-state index is 0.129. The zero-order valence-corrected chi connectivity index (χ0v) is 16.7. The highest BCUT2D eigenvalue weighted by Gasteiger charge is 2.31. The van der Waals surface area contributed by atoms with E-state index in [0.29, 0.717) is 48.3 Å². The summed E-state index contributed by atoms with van der Waals surface area (Å²) in [6.45, 7) is 5.44. The van der Waals surface area contributed by atoms with Crippen LogP contribution in [0, 0.1) is 0 Å². The first-order valence-electron chi connectivity index (χ1n) is 9.09. The highest BCUT2D eigenvalue weighted by molar-refractivity contribution is 6.30. The van der Waals surface area contributed by atoms with E-state index in [1.54, 1.807) is 67.3 Å². The number of nitrogens with zero attached hydrogens (tertiary/aromatic N) is 1. The van der Waals surface area contributed by atoms with Gasteiger partial charge < -0.3 is 19.7 Å². The molecular formula is C21H23ClN2O4. The van der Waals surface area contributed by atoms with Gasteiger partial charge in [0, 0.05) is 18.1 Å². The van der Waals surface area contributed by atoms with E-state index >= 15 is 0 Å². The molecule has 1 fully saturated rings. The molecule has 28 heavy (non-hydrogen) atoms. The molecule has 1 N–H and O–H groups in total. The lowest BCUT2D eigenvalue weighted by Gasteiger charge is -2.28. The van der Waals surface area contributed by atoms with Crippen molar-refractivity contribution in [3.05, 3.63) is 59.1 Å². The Morgan fingerprint density at radius 2 is 1.71 bits per heavy atom. The van der Waals surface area contributed by atoms with Crippen molar-refractivity contribution in [2.24, 2.45) is 0 Å². The van der Waals surface area contributed by atoms with Crippen LogP contribution in [0.3, 0.4) is 0 Å². The van der Waals surface area contributed by atoms with Crippen LogP contribution in [0.5, 0.6) is 5.75 Å². The maximum absolute atomic E-state index is 12.8. The summed E-state index contributed by atoms with van der Waals surface area (Å²) in [5.41, 5.74) is -0.250. The number of ether oxygens (including phenoxy) is 2. The van der Waals surface area contributed by atoms with E-state index in [4.69, 9.17) is 21.1 Å². The molecule has 0 aromatic heterocycles. The number of rotatable bonds is 5. The molecule has 7 heteroatoms. The highest BCUT2D eigenvalue weighted by atomic mass is 35.5. The van der Waals surface area contributed by atoms with Crippen LogP contribution in [0.25, 0.3) is 0 Å². The smallest absolute Gasteiger partial charge is 0.267 e. The molecule has 1 saturated heterocycles. The van der Waals surface area contributed by atoms with Gasteiger partial charge in [-0.25, -0.2) is 0 Å². The molecule has 3 rings (SSSR count). The summed E-state index contributed by atoms with van der Waals surface area (Å²) >= 11 is 5.89. The minimum Gasteiger partial charge on any atom is -0.478 e. The maximum Gasteiger partial charge on any atom is 0.267 e. The van der Waals surface area contributed by atoms with Crippen LogP contribution in [0.2, 0.25) is 5.02 Å². The summed E-state index contributed by atoms with van der Waals surface area (Å²) in [4.78, 5) is 27.4. The molecule has 0 atom stereocenters. The Labute approximate surface area is 169 Å². The summed E-state index contributed by atoms with van der Waals surface area (Å²) in [6, 6.07) is 13.8. The Morgan fingerprint density at radius 3 is 2.39 bits per heavy atom. The standard InChI is InChI=1S/C21H23ClN2O4/c1-21(2,28-16-9-7-15(22)8-10-16)20(26)23-18-6-4-3-5-17(18)19(25)24-11-13-27-14-12-24/h3-10H,11-14H2,1-2H3,(H,23,26). The predicted molar refractivity (Wildman–Crippen MR) is 108 cm³/mol. The second kappa shape index (κ2) is 8.63. The average Bonchev–Trinajstić information content (AvgIpc) is 2.70. The van der Waals surface area contributed by atoms with Crippen molar-refractivity contribution in [3.63, 3.8) is 0 Å². The van der Waals surface area contributed by atoms with Gasteiger partial charge in [-0.2, -0.15) is 0 Å². The van der Waals surface area contributed by atoms with Gasteiger partial charge in [-0.1, -0.05) is 23.7 Å². The van der Waals surface area contributed by atoms with Crippen molar-refractivity contribution < 1.29 is 19.1 Å². The van der Waals surface area contributed by atoms with E-state index < -0.39 is 5.60 Å². The van der Waals surface area contributed by atoms with E-state index in [9.17, 15) is 9.59 Å².